The van der Waals surface area contributed by atoms with Gasteiger partial charge in [-0.1, -0.05) is 24.6 Å². The number of fused-ring (bicyclic) bond motifs is 4. The second-order valence-corrected chi connectivity index (χ2v) is 10.1. The van der Waals surface area contributed by atoms with Gasteiger partial charge in [0, 0.05) is 17.4 Å². The van der Waals surface area contributed by atoms with Crippen LogP contribution in [0.1, 0.15) is 38.2 Å². The lowest BCUT2D eigenvalue weighted by atomic mass is 9.47. The van der Waals surface area contributed by atoms with Crippen molar-refractivity contribution in [3.8, 4) is 11.5 Å². The van der Waals surface area contributed by atoms with Gasteiger partial charge >= 0.3 is 6.09 Å². The molecule has 3 amide bonds. The number of phenols is 1. The van der Waals surface area contributed by atoms with Crippen molar-refractivity contribution in [2.45, 2.75) is 32.6 Å². The molecule has 3 aliphatic carbocycles. The molecule has 36 heavy (non-hydrogen) atoms. The van der Waals surface area contributed by atoms with E-state index in [9.17, 15) is 29.1 Å². The van der Waals surface area contributed by atoms with E-state index in [1.165, 1.54) is 19.3 Å². The van der Waals surface area contributed by atoms with Crippen LogP contribution in [-0.2, 0) is 23.9 Å². The third-order valence-electron chi connectivity index (χ3n) is 8.55. The summed E-state index contributed by atoms with van der Waals surface area (Å²) in [6.07, 6.45) is 2.48. The Bertz CT molecular complexity index is 1290. The van der Waals surface area contributed by atoms with E-state index in [4.69, 9.17) is 4.74 Å². The SMILES string of the molecule is COC(=O)N1C(=O)[C@H]2[C@H](CC=C3[C@H]2C[C@H]2C(=O)C=C(C)C(=O)[C@@]2(C)[C@H]3c2c(O)cccc2OC)C1=O. The molecule has 1 aliphatic heterocycles. The first-order valence-electron chi connectivity index (χ1n) is 11.9. The van der Waals surface area contributed by atoms with E-state index in [1.807, 2.05) is 6.08 Å². The van der Waals surface area contributed by atoms with Crippen molar-refractivity contribution in [3.05, 3.63) is 47.1 Å². The second-order valence-electron chi connectivity index (χ2n) is 10.1. The van der Waals surface area contributed by atoms with Crippen LogP contribution >= 0.6 is 0 Å². The molecule has 1 aromatic carbocycles. The van der Waals surface area contributed by atoms with Crippen molar-refractivity contribution in [3.63, 3.8) is 0 Å². The summed E-state index contributed by atoms with van der Waals surface area (Å²) in [5.74, 6) is -5.31. The molecular formula is C27H27NO8. The molecule has 6 atom stereocenters. The van der Waals surface area contributed by atoms with Crippen LogP contribution < -0.4 is 4.74 Å². The number of nitrogens with zero attached hydrogens (tertiary/aromatic N) is 1. The Morgan fingerprint density at radius 3 is 2.50 bits per heavy atom. The predicted octanol–water partition coefficient (Wildman–Crippen LogP) is 2.92. The highest BCUT2D eigenvalue weighted by atomic mass is 16.5. The van der Waals surface area contributed by atoms with Crippen molar-refractivity contribution in [1.29, 1.82) is 0 Å². The number of likely N-dealkylation sites (tertiary alicyclic amines) is 1. The van der Waals surface area contributed by atoms with E-state index in [0.29, 0.717) is 27.4 Å². The normalized spacial score (nSPS) is 33.3. The van der Waals surface area contributed by atoms with Gasteiger partial charge in [0.2, 0.25) is 11.8 Å². The number of Topliss-reactive ketones (excluding diaryl/α,β-unsaturated/α-hetero) is 1. The number of carbonyl (C=O) groups excluding carboxylic acids is 5. The number of benzene rings is 1. The topological polar surface area (TPSA) is 127 Å². The summed E-state index contributed by atoms with van der Waals surface area (Å²) < 4.78 is 10.2. The average molecular weight is 494 g/mol. The molecule has 188 valence electrons. The molecule has 9 nitrogen and oxygen atoms in total. The summed E-state index contributed by atoms with van der Waals surface area (Å²) in [6.45, 7) is 3.34. The maximum Gasteiger partial charge on any atom is 0.423 e. The number of methoxy groups -OCH3 is 2. The molecule has 1 N–H and O–H groups in total. The second kappa shape index (κ2) is 8.15. The number of ketones is 2. The van der Waals surface area contributed by atoms with Crippen LogP contribution in [0.15, 0.2) is 41.5 Å². The number of amides is 3. The Hall–Kier alpha value is -3.75. The summed E-state index contributed by atoms with van der Waals surface area (Å²) in [5, 5.41) is 11.0. The summed E-state index contributed by atoms with van der Waals surface area (Å²) in [5.41, 5.74) is 0.137. The third kappa shape index (κ3) is 2.98. The first kappa shape index (κ1) is 24.0. The molecule has 1 heterocycles. The van der Waals surface area contributed by atoms with Crippen LogP contribution in [0.4, 0.5) is 4.79 Å². The Kier molecular flexibility index (Phi) is 5.42. The number of rotatable bonds is 2. The molecule has 0 spiro atoms. The highest BCUT2D eigenvalue weighted by molar-refractivity contribution is 6.16. The maximum absolute atomic E-state index is 13.8. The number of ether oxygens (including phenoxy) is 2. The quantitative estimate of drug-likeness (QED) is 0.492. The molecule has 5 rings (SSSR count). The standard InChI is InChI=1S/C27H27NO8/c1-12-10-18(30)16-11-15-13(8-9-14-20(15)25(33)28(24(14)32)26(34)36-4)22(27(16,2)23(12)31)21-17(29)6-5-7-19(21)35-3/h5-8,10,14-16,20,22,29H,9,11H2,1-4H3/t14-,15+,16-,20-,22+,27+/m0/s1. The predicted molar refractivity (Wildman–Crippen MR) is 125 cm³/mol. The van der Waals surface area contributed by atoms with Gasteiger partial charge in [-0.3, -0.25) is 19.2 Å². The Balaban J connectivity index is 1.74. The van der Waals surface area contributed by atoms with Gasteiger partial charge in [0.05, 0.1) is 31.5 Å². The minimum Gasteiger partial charge on any atom is -0.508 e. The zero-order valence-corrected chi connectivity index (χ0v) is 20.4. The fourth-order valence-electron chi connectivity index (χ4n) is 6.98. The van der Waals surface area contributed by atoms with Gasteiger partial charge in [-0.25, -0.2) is 4.79 Å². The lowest BCUT2D eigenvalue weighted by Crippen LogP contribution is -2.54. The van der Waals surface area contributed by atoms with Crippen molar-refractivity contribution in [1.82, 2.24) is 4.90 Å². The van der Waals surface area contributed by atoms with Crippen LogP contribution in [0, 0.1) is 29.1 Å². The van der Waals surface area contributed by atoms with Gasteiger partial charge in [0.25, 0.3) is 0 Å². The monoisotopic (exact) mass is 493 g/mol. The van der Waals surface area contributed by atoms with Gasteiger partial charge in [-0.15, -0.1) is 0 Å². The number of carbonyl (C=O) groups is 5. The molecule has 1 aromatic rings. The van der Waals surface area contributed by atoms with E-state index < -0.39 is 52.9 Å². The van der Waals surface area contributed by atoms with Gasteiger partial charge in [-0.2, -0.15) is 4.90 Å². The lowest BCUT2D eigenvalue weighted by molar-refractivity contribution is -0.142. The number of allylic oxidation sites excluding steroid dienone is 4. The lowest BCUT2D eigenvalue weighted by Gasteiger charge is -2.53. The van der Waals surface area contributed by atoms with Gasteiger partial charge in [-0.05, 0) is 49.5 Å². The molecular weight excluding hydrogens is 466 g/mol. The summed E-state index contributed by atoms with van der Waals surface area (Å²) >= 11 is 0. The van der Waals surface area contributed by atoms with Crippen molar-refractivity contribution in [2.75, 3.05) is 14.2 Å². The molecule has 0 unspecified atom stereocenters. The average Bonchev–Trinajstić information content (AvgIpc) is 3.11. The number of hydrogen-bond acceptors (Lipinski definition) is 8. The zero-order valence-electron chi connectivity index (χ0n) is 20.4. The fourth-order valence-corrected chi connectivity index (χ4v) is 6.98. The molecule has 0 aromatic heterocycles. The van der Waals surface area contributed by atoms with Gasteiger partial charge in [0.15, 0.2) is 11.6 Å². The molecule has 9 heteroatoms. The Morgan fingerprint density at radius 1 is 1.11 bits per heavy atom. The van der Waals surface area contributed by atoms with Gasteiger partial charge < -0.3 is 14.6 Å². The number of imide groups is 3. The largest absolute Gasteiger partial charge is 0.508 e. The number of hydrogen-bond donors (Lipinski definition) is 1. The summed E-state index contributed by atoms with van der Waals surface area (Å²) in [7, 11) is 2.55. The van der Waals surface area contributed by atoms with Crippen LogP contribution in [0.25, 0.3) is 0 Å². The molecule has 2 fully saturated rings. The van der Waals surface area contributed by atoms with Crippen LogP contribution in [0.3, 0.4) is 0 Å². The van der Waals surface area contributed by atoms with Crippen LogP contribution in [-0.4, -0.2) is 53.7 Å². The third-order valence-corrected chi connectivity index (χ3v) is 8.55. The van der Waals surface area contributed by atoms with Gasteiger partial charge in [0.1, 0.15) is 11.5 Å². The molecule has 0 radical (unpaired) electrons. The molecule has 4 aliphatic rings. The van der Waals surface area contributed by atoms with Crippen molar-refractivity contribution < 1.29 is 38.6 Å². The van der Waals surface area contributed by atoms with E-state index in [-0.39, 0.29) is 30.2 Å². The molecule has 1 saturated heterocycles. The summed E-state index contributed by atoms with van der Waals surface area (Å²) in [4.78, 5) is 66.4. The minimum atomic E-state index is -1.25. The molecule has 0 bridgehead atoms. The van der Waals surface area contributed by atoms with E-state index >= 15 is 0 Å². The highest BCUT2D eigenvalue weighted by Crippen LogP contribution is 2.64. The zero-order chi connectivity index (χ0) is 26.1. The minimum absolute atomic E-state index is 0.0968. The first-order valence-corrected chi connectivity index (χ1v) is 11.9. The van der Waals surface area contributed by atoms with E-state index in [1.54, 1.807) is 26.0 Å². The number of phenolic OH excluding ortho intramolecular Hbond substituents is 1. The fraction of sp³-hybridized carbons (Fsp3) is 0.444. The smallest absolute Gasteiger partial charge is 0.423 e. The first-order chi connectivity index (χ1) is 17.1. The van der Waals surface area contributed by atoms with E-state index in [0.717, 1.165) is 7.11 Å². The van der Waals surface area contributed by atoms with E-state index in [2.05, 4.69) is 4.74 Å². The van der Waals surface area contributed by atoms with Crippen molar-refractivity contribution >= 4 is 29.5 Å². The molecule has 1 saturated carbocycles. The number of aromatic hydroxyl groups is 1. The Morgan fingerprint density at radius 2 is 1.83 bits per heavy atom. The summed E-state index contributed by atoms with van der Waals surface area (Å²) in [6, 6.07) is 4.78. The van der Waals surface area contributed by atoms with Crippen LogP contribution in [0.5, 0.6) is 11.5 Å². The van der Waals surface area contributed by atoms with Crippen LogP contribution in [0.2, 0.25) is 0 Å². The Labute approximate surface area is 207 Å². The highest BCUT2D eigenvalue weighted by Gasteiger charge is 2.64. The maximum atomic E-state index is 13.8. The van der Waals surface area contributed by atoms with Crippen molar-refractivity contribution in [2.24, 2.45) is 29.1 Å².